The van der Waals surface area contributed by atoms with Crippen molar-refractivity contribution in [1.29, 1.82) is 0 Å². The predicted octanol–water partition coefficient (Wildman–Crippen LogP) is 26.4. The van der Waals surface area contributed by atoms with Crippen molar-refractivity contribution in [2.75, 3.05) is 0 Å². The number of hydrogen-bond donors (Lipinski definition) is 0. The fraction of sp³-hybridized carbons (Fsp3) is 0. The van der Waals surface area contributed by atoms with Crippen LogP contribution in [0.15, 0.2) is 467 Å². The van der Waals surface area contributed by atoms with Crippen molar-refractivity contribution in [3.63, 3.8) is 0 Å². The van der Waals surface area contributed by atoms with Crippen molar-refractivity contribution < 1.29 is 37.9 Å². The molecule has 13 heteroatoms. The lowest BCUT2D eigenvalue weighted by Crippen LogP contribution is -2.57. The van der Waals surface area contributed by atoms with Crippen molar-refractivity contribution in [3.05, 3.63) is 467 Å². The number of nitrogens with zero attached hydrogens (tertiary/aromatic N) is 1. The number of benzene rings is 25. The van der Waals surface area contributed by atoms with Crippen LogP contribution in [0, 0.1) is 0 Å². The molecule has 0 N–H and O–H groups in total. The molecule has 0 atom stereocenters. The monoisotopic (exact) mass is 1850 g/mol. The van der Waals surface area contributed by atoms with Gasteiger partial charge in [0.05, 0.1) is 16.7 Å². The Kier molecular flexibility index (Phi) is 17.9. The molecule has 1 aromatic heterocycles. The van der Waals surface area contributed by atoms with E-state index in [0.717, 1.165) is 153 Å². The highest BCUT2D eigenvalue weighted by molar-refractivity contribution is 7.00. The second kappa shape index (κ2) is 31.9. The molecule has 0 fully saturated rings. The van der Waals surface area contributed by atoms with Crippen LogP contribution >= 0.6 is 0 Å². The molecule has 8 aliphatic rings. The zero-order valence-corrected chi connectivity index (χ0v) is 78.0. The molecule has 145 heavy (non-hydrogen) atoms. The van der Waals surface area contributed by atoms with Crippen LogP contribution in [-0.4, -0.2) is 31.4 Å². The minimum atomic E-state index is 0.0629. The van der Waals surface area contributed by atoms with Crippen molar-refractivity contribution in [2.45, 2.75) is 0 Å². The molecule has 25 aromatic carbocycles. The molecule has 26 aromatic rings. The van der Waals surface area contributed by atoms with Gasteiger partial charge in [0, 0.05) is 49.3 Å². The molecular weight excluding hydrogens is 1770 g/mol. The Morgan fingerprint density at radius 1 is 0.152 bits per heavy atom. The van der Waals surface area contributed by atoms with Gasteiger partial charge in [0.25, 0.3) is 26.9 Å². The first-order valence-corrected chi connectivity index (χ1v) is 49.7. The molecule has 0 amide bonds. The van der Waals surface area contributed by atoms with Gasteiger partial charge in [0.2, 0.25) is 0 Å². The van der Waals surface area contributed by atoms with E-state index in [1.165, 1.54) is 152 Å². The van der Waals surface area contributed by atoms with Gasteiger partial charge in [-0.25, -0.2) is 0 Å². The normalized spacial score (nSPS) is 13.1. The summed E-state index contributed by atoms with van der Waals surface area (Å²) in [6, 6.07) is 165. The van der Waals surface area contributed by atoms with E-state index in [1.54, 1.807) is 0 Å². The second-order valence-corrected chi connectivity index (χ2v) is 38.6. The number of aromatic nitrogens is 1. The molecule has 670 valence electrons. The van der Waals surface area contributed by atoms with E-state index in [9.17, 15) is 0 Å². The van der Waals surface area contributed by atoms with Crippen molar-refractivity contribution in [3.8, 4) is 131 Å². The van der Waals surface area contributed by atoms with Gasteiger partial charge in [0.1, 0.15) is 92.0 Å². The van der Waals surface area contributed by atoms with Crippen LogP contribution in [0.2, 0.25) is 0 Å². The van der Waals surface area contributed by atoms with Crippen LogP contribution in [0.3, 0.4) is 0 Å². The fourth-order valence-electron chi connectivity index (χ4n) is 24.9. The Morgan fingerprint density at radius 2 is 0.441 bits per heavy atom. The van der Waals surface area contributed by atoms with Crippen LogP contribution in [0.1, 0.15) is 0 Å². The van der Waals surface area contributed by atoms with Crippen molar-refractivity contribution >= 4 is 200 Å². The lowest BCUT2D eigenvalue weighted by Gasteiger charge is -2.34. The summed E-state index contributed by atoms with van der Waals surface area (Å²) in [4.78, 5) is 0. The number of rotatable bonds is 4. The molecule has 0 spiro atoms. The maximum absolute atomic E-state index is 6.74. The second-order valence-electron chi connectivity index (χ2n) is 38.6. The predicted molar refractivity (Wildman–Crippen MR) is 598 cm³/mol. The number of para-hydroxylation sites is 10. The summed E-state index contributed by atoms with van der Waals surface area (Å²) in [5.74, 6) is 14.3. The number of fused-ring (bicyclic) bond motifs is 28. The van der Waals surface area contributed by atoms with E-state index >= 15 is 0 Å². The molecule has 0 bridgehead atoms. The van der Waals surface area contributed by atoms with E-state index in [-0.39, 0.29) is 26.9 Å². The molecule has 0 aliphatic carbocycles. The van der Waals surface area contributed by atoms with Gasteiger partial charge < -0.3 is 42.5 Å². The van der Waals surface area contributed by atoms with Gasteiger partial charge in [-0.3, -0.25) is 0 Å². The molecular formula is C132H77B4NO8. The summed E-state index contributed by atoms with van der Waals surface area (Å²) in [5.41, 5.74) is 23.9. The first-order chi connectivity index (χ1) is 71.9. The van der Waals surface area contributed by atoms with Crippen molar-refractivity contribution in [2.24, 2.45) is 0 Å². The number of ether oxygens (including phenoxy) is 8. The van der Waals surface area contributed by atoms with Crippen LogP contribution in [-0.2, 0) is 0 Å². The van der Waals surface area contributed by atoms with Gasteiger partial charge in [-0.05, 0) is 268 Å². The van der Waals surface area contributed by atoms with Crippen LogP contribution in [0.4, 0.5) is 0 Å². The first-order valence-electron chi connectivity index (χ1n) is 49.7. The average Bonchev–Trinajstić information content (AvgIpc) is 1.24. The molecule has 0 unspecified atom stereocenters. The molecule has 9 heterocycles. The summed E-state index contributed by atoms with van der Waals surface area (Å²) >= 11 is 0. The van der Waals surface area contributed by atoms with Gasteiger partial charge in [0.15, 0.2) is 0 Å². The minimum absolute atomic E-state index is 0.0629. The summed E-state index contributed by atoms with van der Waals surface area (Å²) in [6.07, 6.45) is 0. The van der Waals surface area contributed by atoms with Gasteiger partial charge in [-0.1, -0.05) is 346 Å². The van der Waals surface area contributed by atoms with Gasteiger partial charge in [-0.15, -0.1) is 0 Å². The Bertz CT molecular complexity index is 9940. The lowest BCUT2D eigenvalue weighted by molar-refractivity contribution is 0.463. The highest BCUT2D eigenvalue weighted by atomic mass is 16.5. The smallest absolute Gasteiger partial charge is 0.260 e. The molecule has 9 nitrogen and oxygen atoms in total. The Balaban J connectivity index is 0.0000000881. The fourth-order valence-corrected chi connectivity index (χ4v) is 24.9. The minimum Gasteiger partial charge on any atom is -0.458 e. The van der Waals surface area contributed by atoms with E-state index in [4.69, 9.17) is 37.9 Å². The molecule has 34 rings (SSSR count). The Hall–Kier alpha value is -18.7. The molecule has 0 radical (unpaired) electrons. The van der Waals surface area contributed by atoms with Gasteiger partial charge in [-0.2, -0.15) is 0 Å². The summed E-state index contributed by atoms with van der Waals surface area (Å²) in [6.45, 7) is 0.268. The van der Waals surface area contributed by atoms with E-state index in [1.807, 2.05) is 42.5 Å². The zero-order chi connectivity index (χ0) is 94.7. The molecule has 8 aliphatic heterocycles. The third-order valence-electron chi connectivity index (χ3n) is 31.1. The average molecular weight is 1850 g/mol. The first kappa shape index (κ1) is 81.2. The largest absolute Gasteiger partial charge is 0.458 e. The Labute approximate surface area is 835 Å². The summed E-state index contributed by atoms with van der Waals surface area (Å²) < 4.78 is 54.8. The third kappa shape index (κ3) is 12.3. The Morgan fingerprint density at radius 3 is 0.890 bits per heavy atom. The zero-order valence-electron chi connectivity index (χ0n) is 78.0. The summed E-state index contributed by atoms with van der Waals surface area (Å²) in [5, 5.41) is 22.7. The molecule has 0 saturated carbocycles. The quantitative estimate of drug-likeness (QED) is 0.127. The maximum Gasteiger partial charge on any atom is 0.260 e. The van der Waals surface area contributed by atoms with Gasteiger partial charge >= 0.3 is 0 Å². The van der Waals surface area contributed by atoms with E-state index < -0.39 is 0 Å². The third-order valence-corrected chi connectivity index (χ3v) is 31.1. The van der Waals surface area contributed by atoms with Crippen LogP contribution < -0.4 is 103 Å². The van der Waals surface area contributed by atoms with E-state index in [0.29, 0.717) is 0 Å². The highest BCUT2D eigenvalue weighted by Gasteiger charge is 2.47. The SMILES string of the molecule is c1ccc2c(c1)Oc1ccc(-c3cc4ccccc4c4ccccc34)c3c1B2c1ccccc1O3.c1ccc2c(c1)Oc1ccc(-c3ccc4c5ccccc5c5ccccc5c4c3)c3c1B2c1ccccc1O3.c1ccc2c(c1)Oc1ccc(-c3ccc4ccc5cccc6ccc3c4c56)c3c1B2c1ccccc1O3.c1ccc2c(c1)Oc1ccc(-n3c4ccccc4c4ccccc43)c3c1B2c1ccccc1O3. The molecule has 0 saturated heterocycles. The van der Waals surface area contributed by atoms with E-state index in [2.05, 4.69) is 429 Å². The van der Waals surface area contributed by atoms with Crippen LogP contribution in [0.5, 0.6) is 92.0 Å². The number of hydrogen-bond acceptors (Lipinski definition) is 8. The highest BCUT2D eigenvalue weighted by Crippen LogP contribution is 2.52. The van der Waals surface area contributed by atoms with Crippen molar-refractivity contribution in [1.82, 2.24) is 4.57 Å². The lowest BCUT2D eigenvalue weighted by atomic mass is 9.34. The maximum atomic E-state index is 6.74. The standard InChI is InChI=1S/C36H21BO2.C34H19BO2.C32H19BO2.C30H18BNO2/c1-2-11-26-24(9-1)25-10-3-4-12-27(25)29-21-22(17-18-28(26)29)23-19-20-34-35-36(23)39-33-16-8-6-14-31(33)37(35)30-13-5-7-15-32(30)38-34;1-3-10-28-26(8-1)35-27-9-2-4-11-29(27)37-34-25(18-19-30(36-28)33(34)35)23-16-14-22-13-12-20-6-5-7-21-15-17-24(23)32(22)31(20)21;1-2-10-21-20(9-1)19-25(23-12-4-3-11-22(21)23)24-17-18-30-31-32(24)35-29-16-8-6-14-27(29)33(31)26-13-5-7-15-28(26)34-30;1-5-13-23-19(9-1)20-10-2-6-14-24(20)32(23)25-17-18-28-29-30(25)34-27-16-8-4-12-22(27)31(29)21-11-3-7-15-26(21)33-28/h1-21H;1-19H;1-19H;1-18H. The van der Waals surface area contributed by atoms with Crippen LogP contribution in [0.25, 0.3) is 147 Å². The summed E-state index contributed by atoms with van der Waals surface area (Å²) in [7, 11) is 0. The topological polar surface area (TPSA) is 78.8 Å².